The maximum Gasteiger partial charge on any atom is 0.405 e. The number of benzene rings is 1. The monoisotopic (exact) mass is 364 g/mol. The SMILES string of the molecule is CCCCCCCCOc1ccc(NC(=O)[C@](C)(C=O)NC(=O)O)cc1. The lowest BCUT2D eigenvalue weighted by Crippen LogP contribution is -2.55. The smallest absolute Gasteiger partial charge is 0.405 e. The summed E-state index contributed by atoms with van der Waals surface area (Å²) in [4.78, 5) is 33.9. The van der Waals surface area contributed by atoms with Gasteiger partial charge in [0.2, 0.25) is 0 Å². The van der Waals surface area contributed by atoms with Crippen molar-refractivity contribution >= 4 is 24.0 Å². The highest BCUT2D eigenvalue weighted by atomic mass is 16.5. The first kappa shape index (κ1) is 21.5. The maximum absolute atomic E-state index is 12.1. The number of carboxylic acid groups (broad SMARTS) is 1. The zero-order valence-electron chi connectivity index (χ0n) is 15.4. The number of aldehydes is 1. The number of hydrogen-bond donors (Lipinski definition) is 3. The minimum Gasteiger partial charge on any atom is -0.494 e. The van der Waals surface area contributed by atoms with Crippen LogP contribution < -0.4 is 15.4 Å². The first-order chi connectivity index (χ1) is 12.4. The molecule has 7 nitrogen and oxygen atoms in total. The molecule has 0 aromatic heterocycles. The third-order valence-corrected chi connectivity index (χ3v) is 3.95. The standard InChI is InChI=1S/C19H28N2O5/c1-3-4-5-6-7-8-13-26-16-11-9-15(10-12-16)20-17(23)19(2,14-22)21-18(24)25/h9-12,14,21H,3-8,13H2,1-2H3,(H,20,23)(H,24,25)/t19-/m0/s1. The van der Waals surface area contributed by atoms with E-state index in [1.165, 1.54) is 32.6 Å². The number of anilines is 1. The van der Waals surface area contributed by atoms with Gasteiger partial charge in [-0.3, -0.25) is 4.79 Å². The predicted octanol–water partition coefficient (Wildman–Crippen LogP) is 3.59. The number of carbonyl (C=O) groups excluding carboxylic acids is 2. The summed E-state index contributed by atoms with van der Waals surface area (Å²) in [6.45, 7) is 4.03. The molecule has 0 spiro atoms. The van der Waals surface area contributed by atoms with Gasteiger partial charge in [-0.15, -0.1) is 0 Å². The van der Waals surface area contributed by atoms with Crippen molar-refractivity contribution < 1.29 is 24.2 Å². The molecule has 0 fully saturated rings. The first-order valence-electron chi connectivity index (χ1n) is 8.93. The van der Waals surface area contributed by atoms with Crippen LogP contribution in [0.3, 0.4) is 0 Å². The maximum atomic E-state index is 12.1. The van der Waals surface area contributed by atoms with E-state index < -0.39 is 17.5 Å². The molecule has 0 unspecified atom stereocenters. The molecule has 144 valence electrons. The Bertz CT molecular complexity index is 588. The summed E-state index contributed by atoms with van der Waals surface area (Å²) in [6.07, 6.45) is 5.96. The second-order valence-electron chi connectivity index (χ2n) is 6.35. The van der Waals surface area contributed by atoms with Gasteiger partial charge in [0.25, 0.3) is 5.91 Å². The number of rotatable bonds is 12. The van der Waals surface area contributed by atoms with Crippen LogP contribution in [-0.2, 0) is 9.59 Å². The summed E-state index contributed by atoms with van der Waals surface area (Å²) in [5, 5.41) is 13.1. The van der Waals surface area contributed by atoms with Crippen LogP contribution in [0.15, 0.2) is 24.3 Å². The first-order valence-corrected chi connectivity index (χ1v) is 8.93. The van der Waals surface area contributed by atoms with Gasteiger partial charge in [-0.05, 0) is 37.6 Å². The van der Waals surface area contributed by atoms with E-state index in [1.54, 1.807) is 24.3 Å². The van der Waals surface area contributed by atoms with Gasteiger partial charge < -0.3 is 25.3 Å². The minimum atomic E-state index is -1.85. The van der Waals surface area contributed by atoms with E-state index in [-0.39, 0.29) is 6.29 Å². The Hall–Kier alpha value is -2.57. The highest BCUT2D eigenvalue weighted by Gasteiger charge is 2.34. The second kappa shape index (κ2) is 11.1. The fourth-order valence-electron chi connectivity index (χ4n) is 2.33. The van der Waals surface area contributed by atoms with Crippen LogP contribution in [0.25, 0.3) is 0 Å². The molecular formula is C19H28N2O5. The number of nitrogens with one attached hydrogen (secondary N) is 2. The van der Waals surface area contributed by atoms with Gasteiger partial charge in [0.1, 0.15) is 5.75 Å². The molecule has 26 heavy (non-hydrogen) atoms. The number of amides is 2. The Morgan fingerprint density at radius 1 is 1.12 bits per heavy atom. The molecular weight excluding hydrogens is 336 g/mol. The molecule has 0 radical (unpaired) electrons. The second-order valence-corrected chi connectivity index (χ2v) is 6.35. The number of carbonyl (C=O) groups is 3. The third kappa shape index (κ3) is 7.55. The third-order valence-electron chi connectivity index (χ3n) is 3.95. The summed E-state index contributed by atoms with van der Waals surface area (Å²) in [5.41, 5.74) is -1.40. The van der Waals surface area contributed by atoms with E-state index in [2.05, 4.69) is 12.2 Å². The largest absolute Gasteiger partial charge is 0.494 e. The van der Waals surface area contributed by atoms with Crippen molar-refractivity contribution in [1.29, 1.82) is 0 Å². The number of hydrogen-bond acceptors (Lipinski definition) is 4. The van der Waals surface area contributed by atoms with E-state index in [9.17, 15) is 14.4 Å². The lowest BCUT2D eigenvalue weighted by molar-refractivity contribution is -0.127. The molecule has 1 aromatic carbocycles. The lowest BCUT2D eigenvalue weighted by atomic mass is 10.0. The molecule has 0 saturated carbocycles. The average molecular weight is 364 g/mol. The summed E-state index contributed by atoms with van der Waals surface area (Å²) in [5.74, 6) is -0.0611. The van der Waals surface area contributed by atoms with Gasteiger partial charge in [-0.25, -0.2) is 4.79 Å². The van der Waals surface area contributed by atoms with E-state index in [0.29, 0.717) is 18.0 Å². The highest BCUT2D eigenvalue weighted by molar-refractivity contribution is 6.09. The molecule has 3 N–H and O–H groups in total. The van der Waals surface area contributed by atoms with Gasteiger partial charge in [0.15, 0.2) is 11.8 Å². The lowest BCUT2D eigenvalue weighted by Gasteiger charge is -2.21. The van der Waals surface area contributed by atoms with Crippen LogP contribution in [0.5, 0.6) is 5.75 Å². The van der Waals surface area contributed by atoms with Crippen molar-refractivity contribution in [3.8, 4) is 5.75 Å². The Morgan fingerprint density at radius 3 is 2.31 bits per heavy atom. The molecule has 2 amide bonds. The summed E-state index contributed by atoms with van der Waals surface area (Å²) < 4.78 is 5.65. The van der Waals surface area contributed by atoms with Crippen molar-refractivity contribution in [2.75, 3.05) is 11.9 Å². The molecule has 0 bridgehead atoms. The van der Waals surface area contributed by atoms with E-state index in [4.69, 9.17) is 9.84 Å². The van der Waals surface area contributed by atoms with Crippen molar-refractivity contribution in [2.45, 2.75) is 57.9 Å². The Labute approximate surface area is 154 Å². The van der Waals surface area contributed by atoms with Crippen LogP contribution in [0.4, 0.5) is 10.5 Å². The number of unbranched alkanes of at least 4 members (excludes halogenated alkanes) is 5. The van der Waals surface area contributed by atoms with E-state index in [0.717, 1.165) is 12.8 Å². The molecule has 0 aliphatic heterocycles. The van der Waals surface area contributed by atoms with Gasteiger partial charge in [-0.1, -0.05) is 39.0 Å². The Morgan fingerprint density at radius 2 is 1.73 bits per heavy atom. The van der Waals surface area contributed by atoms with Gasteiger partial charge in [-0.2, -0.15) is 0 Å². The summed E-state index contributed by atoms with van der Waals surface area (Å²) in [6, 6.07) is 6.71. The average Bonchev–Trinajstić information content (AvgIpc) is 2.61. The molecule has 1 rings (SSSR count). The molecule has 1 atom stereocenters. The molecule has 1 aromatic rings. The van der Waals surface area contributed by atoms with Crippen LogP contribution in [0, 0.1) is 0 Å². The van der Waals surface area contributed by atoms with Gasteiger partial charge in [0.05, 0.1) is 6.61 Å². The normalized spacial score (nSPS) is 12.7. The quantitative estimate of drug-likeness (QED) is 0.299. The zero-order valence-corrected chi connectivity index (χ0v) is 15.4. The Balaban J connectivity index is 2.43. The van der Waals surface area contributed by atoms with E-state index >= 15 is 0 Å². The number of ether oxygens (including phenoxy) is 1. The fourth-order valence-corrected chi connectivity index (χ4v) is 2.33. The molecule has 0 aliphatic rings. The van der Waals surface area contributed by atoms with Crippen LogP contribution in [0.2, 0.25) is 0 Å². The van der Waals surface area contributed by atoms with E-state index in [1.807, 2.05) is 5.32 Å². The highest BCUT2D eigenvalue weighted by Crippen LogP contribution is 2.17. The molecule has 0 saturated heterocycles. The molecule has 0 aliphatic carbocycles. The van der Waals surface area contributed by atoms with Gasteiger partial charge in [0, 0.05) is 5.69 Å². The molecule has 7 heteroatoms. The Kier molecular flexibility index (Phi) is 9.19. The van der Waals surface area contributed by atoms with Crippen LogP contribution in [0.1, 0.15) is 52.4 Å². The van der Waals surface area contributed by atoms with Crippen molar-refractivity contribution in [2.24, 2.45) is 0 Å². The fraction of sp³-hybridized carbons (Fsp3) is 0.526. The minimum absolute atomic E-state index is 0.258. The summed E-state index contributed by atoms with van der Waals surface area (Å²) in [7, 11) is 0. The zero-order chi connectivity index (χ0) is 19.4. The van der Waals surface area contributed by atoms with Gasteiger partial charge >= 0.3 is 6.09 Å². The van der Waals surface area contributed by atoms with Crippen molar-refractivity contribution in [3.63, 3.8) is 0 Å². The molecule has 0 heterocycles. The predicted molar refractivity (Wildman–Crippen MR) is 99.6 cm³/mol. The van der Waals surface area contributed by atoms with Crippen molar-refractivity contribution in [1.82, 2.24) is 5.32 Å². The van der Waals surface area contributed by atoms with Crippen LogP contribution in [-0.4, -0.2) is 35.5 Å². The summed E-state index contributed by atoms with van der Waals surface area (Å²) >= 11 is 0. The topological polar surface area (TPSA) is 105 Å². The van der Waals surface area contributed by atoms with Crippen molar-refractivity contribution in [3.05, 3.63) is 24.3 Å². The van der Waals surface area contributed by atoms with Crippen LogP contribution >= 0.6 is 0 Å².